The van der Waals surface area contributed by atoms with Gasteiger partial charge >= 0.3 is 0 Å². The van der Waals surface area contributed by atoms with Crippen LogP contribution >= 0.6 is 0 Å². The van der Waals surface area contributed by atoms with Crippen LogP contribution in [-0.4, -0.2) is 0 Å². The molecule has 0 aromatic carbocycles. The second kappa shape index (κ2) is 5.76. The summed E-state index contributed by atoms with van der Waals surface area (Å²) in [5, 5.41) is 0. The van der Waals surface area contributed by atoms with Crippen LogP contribution in [0.3, 0.4) is 0 Å². The first-order valence-electron chi connectivity index (χ1n) is 3.86. The topological polar surface area (TPSA) is 0 Å². The third kappa shape index (κ3) is 5.44. The van der Waals surface area contributed by atoms with E-state index in [9.17, 15) is 0 Å². The first-order chi connectivity index (χ1) is 5.20. The van der Waals surface area contributed by atoms with Crippen molar-refractivity contribution in [1.29, 1.82) is 0 Å². The quantitative estimate of drug-likeness (QED) is 0.423. The van der Waals surface area contributed by atoms with E-state index < -0.39 is 0 Å². The predicted molar refractivity (Wildman–Crippen MR) is 51.4 cm³/mol. The van der Waals surface area contributed by atoms with E-state index in [4.69, 9.17) is 0 Å². The lowest BCUT2D eigenvalue weighted by molar-refractivity contribution is 0.743. The second-order valence-electron chi connectivity index (χ2n) is 2.74. The largest absolute Gasteiger partial charge is 0.133 e. The lowest BCUT2D eigenvalue weighted by atomic mass is 10.1. The molecule has 11 heavy (non-hydrogen) atoms. The number of allylic oxidation sites excluding steroid dienone is 4. The Labute approximate surface area is 69.6 Å². The lowest BCUT2D eigenvalue weighted by Gasteiger charge is -1.99. The lowest BCUT2D eigenvalue weighted by Crippen LogP contribution is -1.85. The van der Waals surface area contributed by atoms with Crippen LogP contribution in [0.15, 0.2) is 42.7 Å². The third-order valence-electron chi connectivity index (χ3n) is 1.54. The fraction of sp³-hybridized carbons (Fsp3) is 0.364. The minimum absolute atomic E-state index is 0.530. The van der Waals surface area contributed by atoms with Crippen molar-refractivity contribution in [2.45, 2.75) is 20.3 Å². The molecule has 0 saturated carbocycles. The van der Waals surface area contributed by atoms with Gasteiger partial charge in [-0.25, -0.2) is 0 Å². The Balaban J connectivity index is 3.86. The molecule has 1 unspecified atom stereocenters. The molecule has 0 amide bonds. The highest BCUT2D eigenvalue weighted by molar-refractivity contribution is 5.13. The summed E-state index contributed by atoms with van der Waals surface area (Å²) in [6.07, 6.45) is 7.06. The summed E-state index contributed by atoms with van der Waals surface area (Å²) in [5.41, 5.74) is 4.01. The molecule has 0 aromatic rings. The van der Waals surface area contributed by atoms with Crippen LogP contribution in [0.4, 0.5) is 0 Å². The second-order valence-corrected chi connectivity index (χ2v) is 2.74. The van der Waals surface area contributed by atoms with Crippen molar-refractivity contribution >= 4 is 0 Å². The van der Waals surface area contributed by atoms with Gasteiger partial charge in [-0.1, -0.05) is 37.8 Å². The Bertz CT molecular complexity index is 190. The molecular formula is C11H16. The highest BCUT2D eigenvalue weighted by atomic mass is 14.0. The molecule has 1 atom stereocenters. The molecule has 0 aliphatic carbocycles. The molecule has 0 nitrogen and oxygen atoms in total. The number of hydrogen-bond donors (Lipinski definition) is 0. The van der Waals surface area contributed by atoms with Gasteiger partial charge in [-0.15, -0.1) is 5.73 Å². The number of rotatable bonds is 4. The minimum atomic E-state index is 0.530. The normalized spacial score (nSPS) is 13.5. The summed E-state index contributed by atoms with van der Waals surface area (Å²) in [5.74, 6) is 0.530. The molecule has 0 saturated heterocycles. The van der Waals surface area contributed by atoms with E-state index in [-0.39, 0.29) is 0 Å². The van der Waals surface area contributed by atoms with Gasteiger partial charge in [0.05, 0.1) is 0 Å². The highest BCUT2D eigenvalue weighted by Gasteiger charge is 1.91. The maximum Gasteiger partial charge on any atom is -0.0151 e. The summed E-state index contributed by atoms with van der Waals surface area (Å²) >= 11 is 0. The van der Waals surface area contributed by atoms with Crippen molar-refractivity contribution in [3.63, 3.8) is 0 Å². The van der Waals surface area contributed by atoms with Gasteiger partial charge in [0.1, 0.15) is 0 Å². The van der Waals surface area contributed by atoms with Crippen molar-refractivity contribution in [1.82, 2.24) is 0 Å². The molecular weight excluding hydrogens is 132 g/mol. The zero-order valence-electron chi connectivity index (χ0n) is 7.43. The zero-order valence-corrected chi connectivity index (χ0v) is 7.43. The Kier molecular flexibility index (Phi) is 5.24. The van der Waals surface area contributed by atoms with Gasteiger partial charge in [-0.3, -0.25) is 0 Å². The van der Waals surface area contributed by atoms with E-state index in [0.29, 0.717) is 5.92 Å². The van der Waals surface area contributed by atoms with Gasteiger partial charge in [-0.05, 0) is 25.3 Å². The van der Waals surface area contributed by atoms with Crippen LogP contribution in [0.25, 0.3) is 0 Å². The predicted octanol–water partition coefficient (Wildman–Crippen LogP) is 3.49. The molecule has 0 heteroatoms. The molecule has 0 N–H and O–H groups in total. The molecule has 0 radical (unpaired) electrons. The summed E-state index contributed by atoms with van der Waals surface area (Å²) < 4.78 is 0. The van der Waals surface area contributed by atoms with Gasteiger partial charge in [0, 0.05) is 0 Å². The van der Waals surface area contributed by atoms with E-state index >= 15 is 0 Å². The van der Waals surface area contributed by atoms with Crippen LogP contribution in [0.2, 0.25) is 0 Å². The van der Waals surface area contributed by atoms with Crippen molar-refractivity contribution < 1.29 is 0 Å². The van der Waals surface area contributed by atoms with E-state index in [2.05, 4.69) is 38.8 Å². The minimum Gasteiger partial charge on any atom is -0.133 e. The Morgan fingerprint density at radius 1 is 1.64 bits per heavy atom. The zero-order chi connectivity index (χ0) is 8.69. The molecule has 0 heterocycles. The summed E-state index contributed by atoms with van der Waals surface area (Å²) in [6.45, 7) is 11.4. The van der Waals surface area contributed by atoms with Crippen molar-refractivity contribution in [3.8, 4) is 0 Å². The summed E-state index contributed by atoms with van der Waals surface area (Å²) in [4.78, 5) is 0. The van der Waals surface area contributed by atoms with Crippen molar-refractivity contribution in [2.24, 2.45) is 5.92 Å². The van der Waals surface area contributed by atoms with Gasteiger partial charge < -0.3 is 0 Å². The van der Waals surface area contributed by atoms with E-state index in [1.54, 1.807) is 0 Å². The molecule has 0 aliphatic heterocycles. The van der Waals surface area contributed by atoms with Gasteiger partial charge in [0.2, 0.25) is 0 Å². The van der Waals surface area contributed by atoms with Crippen LogP contribution < -0.4 is 0 Å². The maximum absolute atomic E-state index is 3.68. The molecule has 0 aliphatic rings. The Morgan fingerprint density at radius 3 is 2.73 bits per heavy atom. The van der Waals surface area contributed by atoms with Gasteiger partial charge in [0.25, 0.3) is 0 Å². The third-order valence-corrected chi connectivity index (χ3v) is 1.54. The molecule has 0 rings (SSSR count). The fourth-order valence-electron chi connectivity index (χ4n) is 0.724. The van der Waals surface area contributed by atoms with Gasteiger partial charge in [-0.2, -0.15) is 0 Å². The molecule has 0 bridgehead atoms. The van der Waals surface area contributed by atoms with E-state index in [1.807, 2.05) is 12.2 Å². The average Bonchev–Trinajstić information content (AvgIpc) is 2.01. The molecule has 0 aromatic heterocycles. The highest BCUT2D eigenvalue weighted by Crippen LogP contribution is 2.06. The van der Waals surface area contributed by atoms with Crippen molar-refractivity contribution in [3.05, 3.63) is 42.7 Å². The van der Waals surface area contributed by atoms with E-state index in [0.717, 1.165) is 6.42 Å². The van der Waals surface area contributed by atoms with Crippen LogP contribution in [0, 0.1) is 5.92 Å². The van der Waals surface area contributed by atoms with E-state index in [1.165, 1.54) is 5.57 Å². The number of hydrogen-bond acceptors (Lipinski definition) is 0. The fourth-order valence-corrected chi connectivity index (χ4v) is 0.724. The van der Waals surface area contributed by atoms with Crippen LogP contribution in [-0.2, 0) is 0 Å². The standard InChI is InChI=1S/C11H16/c1-5-7-11(4)9-8-10(3)6-2/h6-8,11H,1-2,9H2,3-4H3. The smallest absolute Gasteiger partial charge is 0.0151 e. The van der Waals surface area contributed by atoms with Gasteiger partial charge in [0.15, 0.2) is 0 Å². The maximum atomic E-state index is 3.68. The Morgan fingerprint density at radius 2 is 2.27 bits per heavy atom. The summed E-state index contributed by atoms with van der Waals surface area (Å²) in [7, 11) is 0. The average molecular weight is 148 g/mol. The molecule has 60 valence electrons. The SMILES string of the molecule is C=C=CC(C)CC=C(C)C=C. The summed E-state index contributed by atoms with van der Waals surface area (Å²) in [6, 6.07) is 0. The monoisotopic (exact) mass is 148 g/mol. The molecule has 0 fully saturated rings. The van der Waals surface area contributed by atoms with Crippen LogP contribution in [0.1, 0.15) is 20.3 Å². The first kappa shape index (κ1) is 10.0. The van der Waals surface area contributed by atoms with Crippen molar-refractivity contribution in [2.75, 3.05) is 0 Å². The first-order valence-corrected chi connectivity index (χ1v) is 3.86. The van der Waals surface area contributed by atoms with Crippen LogP contribution in [0.5, 0.6) is 0 Å². The molecule has 0 spiro atoms. The Hall–Kier alpha value is -1.00.